The highest BCUT2D eigenvalue weighted by Gasteiger charge is 2.35. The molecule has 1 aliphatic rings. The molecule has 0 saturated carbocycles. The van der Waals surface area contributed by atoms with Crippen molar-refractivity contribution in [3.05, 3.63) is 101 Å². The van der Waals surface area contributed by atoms with Crippen LogP contribution in [0.1, 0.15) is 42.2 Å². The highest BCUT2D eigenvalue weighted by molar-refractivity contribution is 7.89. The number of imide groups is 1. The standard InChI is InChI=1S/C24H21N3O5S/c1-25-33(31,32)19-11-9-16(10-12-19)14-26-22(28)18-6-4-5-17(13-18)15-27-23(29)20-7-2-3-8-21(20)24(27)30/h2-13,25H,14-15H2,1H3,(H,26,28). The quantitative estimate of drug-likeness (QED) is 0.522. The van der Waals surface area contributed by atoms with E-state index < -0.39 is 10.0 Å². The Morgan fingerprint density at radius 3 is 2.09 bits per heavy atom. The SMILES string of the molecule is CNS(=O)(=O)c1ccc(CNC(=O)c2cccc(CN3C(=O)c4ccccc4C3=O)c2)cc1. The van der Waals surface area contributed by atoms with Gasteiger partial charge in [0.2, 0.25) is 10.0 Å². The molecule has 0 aromatic heterocycles. The molecule has 3 amide bonds. The largest absolute Gasteiger partial charge is 0.348 e. The summed E-state index contributed by atoms with van der Waals surface area (Å²) in [5.41, 5.74) is 2.53. The van der Waals surface area contributed by atoms with Crippen LogP contribution in [-0.4, -0.2) is 38.1 Å². The van der Waals surface area contributed by atoms with Gasteiger partial charge in [0.05, 0.1) is 22.6 Å². The van der Waals surface area contributed by atoms with Crippen molar-refractivity contribution in [1.82, 2.24) is 14.9 Å². The van der Waals surface area contributed by atoms with Crippen LogP contribution in [0.4, 0.5) is 0 Å². The first-order valence-electron chi connectivity index (χ1n) is 10.1. The minimum Gasteiger partial charge on any atom is -0.348 e. The second-order valence-electron chi connectivity index (χ2n) is 7.48. The van der Waals surface area contributed by atoms with Crippen molar-refractivity contribution >= 4 is 27.7 Å². The number of sulfonamides is 1. The minimum absolute atomic E-state index is 0.0644. The van der Waals surface area contributed by atoms with Gasteiger partial charge in [0.1, 0.15) is 0 Å². The van der Waals surface area contributed by atoms with Gasteiger partial charge in [0, 0.05) is 12.1 Å². The van der Waals surface area contributed by atoms with Gasteiger partial charge in [-0.1, -0.05) is 36.4 Å². The number of rotatable bonds is 7. The van der Waals surface area contributed by atoms with Crippen LogP contribution in [-0.2, 0) is 23.1 Å². The molecule has 3 aromatic rings. The lowest BCUT2D eigenvalue weighted by atomic mass is 10.1. The Balaban J connectivity index is 1.41. The summed E-state index contributed by atoms with van der Waals surface area (Å²) in [5, 5.41) is 2.79. The minimum atomic E-state index is -3.52. The summed E-state index contributed by atoms with van der Waals surface area (Å²) >= 11 is 0. The summed E-state index contributed by atoms with van der Waals surface area (Å²) in [6, 6.07) is 19.6. The zero-order valence-corrected chi connectivity index (χ0v) is 18.6. The fourth-order valence-electron chi connectivity index (χ4n) is 3.56. The first-order chi connectivity index (χ1) is 15.8. The number of carbonyl (C=O) groups excluding carboxylic acids is 3. The molecule has 33 heavy (non-hydrogen) atoms. The van der Waals surface area contributed by atoms with Crippen LogP contribution < -0.4 is 10.0 Å². The van der Waals surface area contributed by atoms with E-state index in [0.717, 1.165) is 5.56 Å². The summed E-state index contributed by atoms with van der Waals surface area (Å²) in [6.07, 6.45) is 0. The second-order valence-corrected chi connectivity index (χ2v) is 9.36. The number of nitrogens with one attached hydrogen (secondary N) is 2. The van der Waals surface area contributed by atoms with Crippen molar-refractivity contribution < 1.29 is 22.8 Å². The first-order valence-corrected chi connectivity index (χ1v) is 11.6. The molecule has 1 heterocycles. The summed E-state index contributed by atoms with van der Waals surface area (Å²) in [6.45, 7) is 0.274. The lowest BCUT2D eigenvalue weighted by Crippen LogP contribution is -2.29. The molecule has 4 rings (SSSR count). The van der Waals surface area contributed by atoms with Crippen LogP contribution in [0.25, 0.3) is 0 Å². The highest BCUT2D eigenvalue weighted by Crippen LogP contribution is 2.24. The van der Waals surface area contributed by atoms with Crippen LogP contribution in [0, 0.1) is 0 Å². The summed E-state index contributed by atoms with van der Waals surface area (Å²) in [4.78, 5) is 39.1. The van der Waals surface area contributed by atoms with Gasteiger partial charge in [0.15, 0.2) is 0 Å². The van der Waals surface area contributed by atoms with Gasteiger partial charge in [-0.05, 0) is 54.6 Å². The van der Waals surface area contributed by atoms with Crippen LogP contribution in [0.15, 0.2) is 77.7 Å². The predicted octanol–water partition coefficient (Wildman–Crippen LogP) is 2.32. The molecule has 168 valence electrons. The second kappa shape index (κ2) is 8.97. The molecule has 0 aliphatic carbocycles. The predicted molar refractivity (Wildman–Crippen MR) is 121 cm³/mol. The molecular formula is C24H21N3O5S. The number of hydrogen-bond acceptors (Lipinski definition) is 5. The molecule has 8 nitrogen and oxygen atoms in total. The maximum Gasteiger partial charge on any atom is 0.261 e. The average molecular weight is 464 g/mol. The van der Waals surface area contributed by atoms with E-state index in [0.29, 0.717) is 22.3 Å². The van der Waals surface area contributed by atoms with Gasteiger partial charge in [-0.15, -0.1) is 0 Å². The molecule has 0 radical (unpaired) electrons. The Hall–Kier alpha value is -3.82. The summed E-state index contributed by atoms with van der Waals surface area (Å²) in [7, 11) is -2.18. The Kier molecular flexibility index (Phi) is 6.08. The number of carbonyl (C=O) groups is 3. The zero-order chi connectivity index (χ0) is 23.6. The molecule has 0 unspecified atom stereocenters. The topological polar surface area (TPSA) is 113 Å². The van der Waals surface area contributed by atoms with Crippen LogP contribution >= 0.6 is 0 Å². The van der Waals surface area contributed by atoms with Crippen molar-refractivity contribution in [2.45, 2.75) is 18.0 Å². The van der Waals surface area contributed by atoms with Crippen molar-refractivity contribution in [3.8, 4) is 0 Å². The summed E-state index contributed by atoms with van der Waals surface area (Å²) < 4.78 is 25.8. The van der Waals surface area contributed by atoms with Gasteiger partial charge in [0.25, 0.3) is 17.7 Å². The van der Waals surface area contributed by atoms with Gasteiger partial charge in [-0.2, -0.15) is 0 Å². The van der Waals surface area contributed by atoms with Gasteiger partial charge >= 0.3 is 0 Å². The molecule has 3 aromatic carbocycles. The number of fused-ring (bicyclic) bond motifs is 1. The molecule has 1 aliphatic heterocycles. The number of amides is 3. The normalized spacial score (nSPS) is 13.2. The lowest BCUT2D eigenvalue weighted by molar-refractivity contribution is 0.0642. The smallest absolute Gasteiger partial charge is 0.261 e. The van der Waals surface area contributed by atoms with E-state index in [2.05, 4.69) is 10.0 Å². The number of nitrogens with zero attached hydrogens (tertiary/aromatic N) is 1. The molecule has 0 atom stereocenters. The first kappa shape index (κ1) is 22.4. The molecule has 0 saturated heterocycles. The third-order valence-electron chi connectivity index (χ3n) is 5.36. The monoisotopic (exact) mass is 463 g/mol. The van der Waals surface area contributed by atoms with Crippen molar-refractivity contribution in [1.29, 1.82) is 0 Å². The Morgan fingerprint density at radius 1 is 0.848 bits per heavy atom. The van der Waals surface area contributed by atoms with Crippen molar-refractivity contribution in [2.75, 3.05) is 7.05 Å². The number of benzene rings is 3. The third kappa shape index (κ3) is 4.55. The van der Waals surface area contributed by atoms with Gasteiger partial charge < -0.3 is 5.32 Å². The molecule has 9 heteroatoms. The summed E-state index contributed by atoms with van der Waals surface area (Å²) in [5.74, 6) is -1.03. The maximum absolute atomic E-state index is 12.6. The maximum atomic E-state index is 12.6. The van der Waals surface area contributed by atoms with Crippen LogP contribution in [0.3, 0.4) is 0 Å². The molecular weight excluding hydrogens is 442 g/mol. The molecule has 0 bridgehead atoms. The van der Waals surface area contributed by atoms with E-state index in [1.54, 1.807) is 60.7 Å². The van der Waals surface area contributed by atoms with E-state index >= 15 is 0 Å². The molecule has 2 N–H and O–H groups in total. The molecule has 0 spiro atoms. The fourth-order valence-corrected chi connectivity index (χ4v) is 4.30. The molecule has 0 fully saturated rings. The van der Waals surface area contributed by atoms with E-state index in [-0.39, 0.29) is 35.7 Å². The van der Waals surface area contributed by atoms with Crippen molar-refractivity contribution in [2.24, 2.45) is 0 Å². The van der Waals surface area contributed by atoms with E-state index in [9.17, 15) is 22.8 Å². The third-order valence-corrected chi connectivity index (χ3v) is 6.79. The van der Waals surface area contributed by atoms with Gasteiger partial charge in [-0.3, -0.25) is 19.3 Å². The van der Waals surface area contributed by atoms with E-state index in [1.807, 2.05) is 0 Å². The van der Waals surface area contributed by atoms with Crippen molar-refractivity contribution in [3.63, 3.8) is 0 Å². The Morgan fingerprint density at radius 2 is 1.48 bits per heavy atom. The highest BCUT2D eigenvalue weighted by atomic mass is 32.2. The van der Waals surface area contributed by atoms with E-state index in [4.69, 9.17) is 0 Å². The van der Waals surface area contributed by atoms with Gasteiger partial charge in [-0.25, -0.2) is 13.1 Å². The zero-order valence-electron chi connectivity index (χ0n) is 17.7. The van der Waals surface area contributed by atoms with E-state index in [1.165, 1.54) is 24.1 Å². The van der Waals surface area contributed by atoms with Crippen LogP contribution in [0.5, 0.6) is 0 Å². The lowest BCUT2D eigenvalue weighted by Gasteiger charge is -2.14. The Bertz CT molecular complexity index is 1320. The Labute approximate surface area is 191 Å². The van der Waals surface area contributed by atoms with Crippen LogP contribution in [0.2, 0.25) is 0 Å². The average Bonchev–Trinajstić information content (AvgIpc) is 3.08. The fraction of sp³-hybridized carbons (Fsp3) is 0.125. The number of hydrogen-bond donors (Lipinski definition) is 2.